The van der Waals surface area contributed by atoms with E-state index in [4.69, 9.17) is 23.8 Å². The van der Waals surface area contributed by atoms with E-state index in [1.807, 2.05) is 54.7 Å². The molecule has 0 aliphatic carbocycles. The molecule has 0 atom stereocenters. The molecule has 5 heteroatoms. The molecule has 0 aliphatic heterocycles. The Morgan fingerprint density at radius 3 is 2.77 bits per heavy atom. The fourth-order valence-electron chi connectivity index (χ4n) is 2.36. The smallest absolute Gasteiger partial charge is 0.170 e. The van der Waals surface area contributed by atoms with Crippen molar-refractivity contribution in [3.05, 3.63) is 65.3 Å². The fourth-order valence-corrected chi connectivity index (χ4v) is 2.76. The second-order valence-corrected chi connectivity index (χ2v) is 5.85. The van der Waals surface area contributed by atoms with Gasteiger partial charge in [-0.1, -0.05) is 29.8 Å². The average molecular weight is 330 g/mol. The summed E-state index contributed by atoms with van der Waals surface area (Å²) >= 11 is 11.4. The van der Waals surface area contributed by atoms with E-state index in [-0.39, 0.29) is 0 Å². The molecule has 0 saturated heterocycles. The van der Waals surface area contributed by atoms with Crippen LogP contribution in [-0.2, 0) is 6.42 Å². The highest BCUT2D eigenvalue weighted by Crippen LogP contribution is 2.22. The number of para-hydroxylation sites is 1. The van der Waals surface area contributed by atoms with Crippen molar-refractivity contribution in [1.82, 2.24) is 10.3 Å². The molecule has 3 N–H and O–H groups in total. The van der Waals surface area contributed by atoms with Crippen LogP contribution < -0.4 is 10.6 Å². The first kappa shape index (κ1) is 14.9. The predicted octanol–water partition coefficient (Wildman–Crippen LogP) is 4.35. The van der Waals surface area contributed by atoms with Crippen LogP contribution in [-0.4, -0.2) is 16.6 Å². The van der Waals surface area contributed by atoms with Crippen molar-refractivity contribution < 1.29 is 0 Å². The molecule has 0 saturated carbocycles. The largest absolute Gasteiger partial charge is 0.362 e. The van der Waals surface area contributed by atoms with E-state index in [2.05, 4.69) is 15.6 Å². The molecule has 0 aliphatic rings. The highest BCUT2D eigenvalue weighted by Gasteiger charge is 2.04. The number of fused-ring (bicyclic) bond motifs is 1. The molecule has 1 aromatic heterocycles. The Balaban J connectivity index is 1.56. The van der Waals surface area contributed by atoms with Gasteiger partial charge in [-0.3, -0.25) is 0 Å². The minimum Gasteiger partial charge on any atom is -0.362 e. The van der Waals surface area contributed by atoms with Crippen molar-refractivity contribution in [2.24, 2.45) is 0 Å². The summed E-state index contributed by atoms with van der Waals surface area (Å²) in [6, 6.07) is 15.8. The molecule has 22 heavy (non-hydrogen) atoms. The minimum absolute atomic E-state index is 0.629. The number of benzene rings is 2. The Morgan fingerprint density at radius 2 is 1.95 bits per heavy atom. The molecule has 2 aromatic carbocycles. The molecule has 3 aromatic rings. The topological polar surface area (TPSA) is 39.9 Å². The van der Waals surface area contributed by atoms with Crippen LogP contribution in [0.5, 0.6) is 0 Å². The number of rotatable bonds is 4. The zero-order valence-electron chi connectivity index (χ0n) is 11.9. The maximum absolute atomic E-state index is 6.06. The quantitative estimate of drug-likeness (QED) is 0.623. The monoisotopic (exact) mass is 329 g/mol. The summed E-state index contributed by atoms with van der Waals surface area (Å²) < 4.78 is 0. The van der Waals surface area contributed by atoms with Gasteiger partial charge in [0.1, 0.15) is 0 Å². The Labute approximate surface area is 139 Å². The lowest BCUT2D eigenvalue weighted by Gasteiger charge is -2.10. The van der Waals surface area contributed by atoms with Gasteiger partial charge >= 0.3 is 0 Å². The van der Waals surface area contributed by atoms with E-state index in [9.17, 15) is 0 Å². The SMILES string of the molecule is S=C(NCCc1c[nH]c2ccc(Cl)cc12)Nc1ccccc1. The zero-order valence-corrected chi connectivity index (χ0v) is 13.5. The Hall–Kier alpha value is -2.04. The van der Waals surface area contributed by atoms with Gasteiger partial charge in [-0.15, -0.1) is 0 Å². The number of hydrogen-bond acceptors (Lipinski definition) is 1. The van der Waals surface area contributed by atoms with Crippen LogP contribution in [0.25, 0.3) is 10.9 Å². The van der Waals surface area contributed by atoms with Crippen LogP contribution in [0.3, 0.4) is 0 Å². The first-order valence-electron chi connectivity index (χ1n) is 7.08. The van der Waals surface area contributed by atoms with E-state index < -0.39 is 0 Å². The minimum atomic E-state index is 0.629. The number of halogens is 1. The maximum Gasteiger partial charge on any atom is 0.170 e. The molecule has 112 valence electrons. The van der Waals surface area contributed by atoms with Crippen molar-refractivity contribution in [2.45, 2.75) is 6.42 Å². The summed E-state index contributed by atoms with van der Waals surface area (Å²) in [7, 11) is 0. The summed E-state index contributed by atoms with van der Waals surface area (Å²) in [6.45, 7) is 0.762. The van der Waals surface area contributed by atoms with Gasteiger partial charge in [0, 0.05) is 34.4 Å². The summed E-state index contributed by atoms with van der Waals surface area (Å²) in [6.07, 6.45) is 2.90. The molecule has 0 unspecified atom stereocenters. The van der Waals surface area contributed by atoms with Gasteiger partial charge in [-0.2, -0.15) is 0 Å². The third-order valence-corrected chi connectivity index (χ3v) is 3.92. The van der Waals surface area contributed by atoms with E-state index in [0.717, 1.165) is 34.6 Å². The van der Waals surface area contributed by atoms with Gasteiger partial charge < -0.3 is 15.6 Å². The molecule has 3 rings (SSSR count). The van der Waals surface area contributed by atoms with Crippen molar-refractivity contribution in [2.75, 3.05) is 11.9 Å². The van der Waals surface area contributed by atoms with E-state index in [0.29, 0.717) is 5.11 Å². The Bertz CT molecular complexity index is 783. The molecule has 0 radical (unpaired) electrons. The van der Waals surface area contributed by atoms with Crippen LogP contribution in [0.2, 0.25) is 5.02 Å². The Morgan fingerprint density at radius 1 is 1.14 bits per heavy atom. The summed E-state index contributed by atoms with van der Waals surface area (Å²) in [5.41, 5.74) is 3.32. The van der Waals surface area contributed by atoms with Crippen LogP contribution >= 0.6 is 23.8 Å². The lowest BCUT2D eigenvalue weighted by molar-refractivity contribution is 0.878. The molecular formula is C17H16ClN3S. The molecular weight excluding hydrogens is 314 g/mol. The van der Waals surface area contributed by atoms with Crippen LogP contribution in [0.15, 0.2) is 54.7 Å². The third-order valence-electron chi connectivity index (χ3n) is 3.44. The lowest BCUT2D eigenvalue weighted by atomic mass is 10.1. The van der Waals surface area contributed by atoms with Gasteiger partial charge in [-0.05, 0) is 54.5 Å². The number of H-pyrrole nitrogens is 1. The van der Waals surface area contributed by atoms with Crippen molar-refractivity contribution in [1.29, 1.82) is 0 Å². The van der Waals surface area contributed by atoms with Gasteiger partial charge in [0.25, 0.3) is 0 Å². The average Bonchev–Trinajstić information content (AvgIpc) is 2.91. The molecule has 0 spiro atoms. The van der Waals surface area contributed by atoms with Crippen molar-refractivity contribution in [3.8, 4) is 0 Å². The summed E-state index contributed by atoms with van der Waals surface area (Å²) in [5.74, 6) is 0. The summed E-state index contributed by atoms with van der Waals surface area (Å²) in [5, 5.41) is 8.93. The van der Waals surface area contributed by atoms with E-state index in [1.165, 1.54) is 5.56 Å². The highest BCUT2D eigenvalue weighted by molar-refractivity contribution is 7.80. The van der Waals surface area contributed by atoms with Gasteiger partial charge in [0.05, 0.1) is 0 Å². The van der Waals surface area contributed by atoms with E-state index in [1.54, 1.807) is 0 Å². The van der Waals surface area contributed by atoms with Crippen molar-refractivity contribution >= 4 is 45.5 Å². The second-order valence-electron chi connectivity index (χ2n) is 5.00. The standard InChI is InChI=1S/C17H16ClN3S/c18-13-6-7-16-15(10-13)12(11-20-16)8-9-19-17(22)21-14-4-2-1-3-5-14/h1-7,10-11,20H,8-9H2,(H2,19,21,22). The predicted molar refractivity (Wildman–Crippen MR) is 97.7 cm³/mol. The molecule has 0 fully saturated rings. The first-order chi connectivity index (χ1) is 10.7. The van der Waals surface area contributed by atoms with Crippen LogP contribution in [0, 0.1) is 0 Å². The number of aromatic nitrogens is 1. The summed E-state index contributed by atoms with van der Waals surface area (Å²) in [4.78, 5) is 3.26. The molecule has 3 nitrogen and oxygen atoms in total. The highest BCUT2D eigenvalue weighted by atomic mass is 35.5. The van der Waals surface area contributed by atoms with Gasteiger partial charge in [0.15, 0.2) is 5.11 Å². The first-order valence-corrected chi connectivity index (χ1v) is 7.86. The fraction of sp³-hybridized carbons (Fsp3) is 0.118. The lowest BCUT2D eigenvalue weighted by Crippen LogP contribution is -2.30. The Kier molecular flexibility index (Phi) is 4.61. The molecule has 0 amide bonds. The zero-order chi connectivity index (χ0) is 15.4. The van der Waals surface area contributed by atoms with Crippen molar-refractivity contribution in [3.63, 3.8) is 0 Å². The second kappa shape index (κ2) is 6.81. The van der Waals surface area contributed by atoms with Crippen LogP contribution in [0.4, 0.5) is 5.69 Å². The van der Waals surface area contributed by atoms with E-state index >= 15 is 0 Å². The molecule has 0 bridgehead atoms. The third kappa shape index (κ3) is 3.59. The number of anilines is 1. The molecule has 1 heterocycles. The number of thiocarbonyl (C=S) groups is 1. The van der Waals surface area contributed by atoms with Crippen LogP contribution in [0.1, 0.15) is 5.56 Å². The van der Waals surface area contributed by atoms with Gasteiger partial charge in [0.2, 0.25) is 0 Å². The number of nitrogens with one attached hydrogen (secondary N) is 3. The maximum atomic E-state index is 6.06. The van der Waals surface area contributed by atoms with Gasteiger partial charge in [-0.25, -0.2) is 0 Å². The normalized spacial score (nSPS) is 10.6. The number of aromatic amines is 1. The number of hydrogen-bond donors (Lipinski definition) is 3.